The molecule has 0 aromatic heterocycles. The molecule has 2 heteroatoms. The Labute approximate surface area is 108 Å². The average Bonchev–Trinajstić information content (AvgIpc) is 2.42. The summed E-state index contributed by atoms with van der Waals surface area (Å²) in [5, 5.41) is 11.2. The van der Waals surface area contributed by atoms with Gasteiger partial charge in [0.05, 0.1) is 6.01 Å². The molecule has 2 aromatic rings. The fourth-order valence-electron chi connectivity index (χ4n) is 1.88. The zero-order chi connectivity index (χ0) is 13.4. The van der Waals surface area contributed by atoms with Gasteiger partial charge in [0.25, 0.3) is 0 Å². The fourth-order valence-corrected chi connectivity index (χ4v) is 1.88. The fraction of sp³-hybridized carbons (Fsp3) is 0.188. The normalized spacial score (nSPS) is 9.89. The Morgan fingerprint density at radius 3 is 1.28 bits per heavy atom. The van der Waals surface area contributed by atoms with Gasteiger partial charge in [-0.1, -0.05) is 74.5 Å². The van der Waals surface area contributed by atoms with Crippen LogP contribution < -0.4 is 0 Å². The van der Waals surface area contributed by atoms with E-state index in [4.69, 9.17) is 10.8 Å². The van der Waals surface area contributed by atoms with Gasteiger partial charge in [0.15, 0.2) is 0 Å². The van der Waals surface area contributed by atoms with Gasteiger partial charge in [-0.15, -0.1) is 0 Å². The molecule has 0 unspecified atom stereocenters. The molecule has 0 saturated carbocycles. The lowest BCUT2D eigenvalue weighted by Crippen LogP contribution is -2.18. The molecule has 0 heterocycles. The van der Waals surface area contributed by atoms with E-state index in [9.17, 15) is 0 Å². The van der Waals surface area contributed by atoms with Crippen molar-refractivity contribution in [2.75, 3.05) is 0 Å². The van der Waals surface area contributed by atoms with E-state index in [1.807, 2.05) is 0 Å². The van der Waals surface area contributed by atoms with Crippen LogP contribution in [0.25, 0.3) is 0 Å². The lowest BCUT2D eigenvalue weighted by Gasteiger charge is -2.25. The van der Waals surface area contributed by atoms with Crippen LogP contribution in [0.2, 0.25) is 0 Å². The molecule has 0 fully saturated rings. The van der Waals surface area contributed by atoms with Crippen molar-refractivity contribution in [1.82, 2.24) is 0 Å². The summed E-state index contributed by atoms with van der Waals surface area (Å²) >= 11 is 0. The average molecular weight is 238 g/mol. The zero-order valence-electron chi connectivity index (χ0n) is 10.8. The molecule has 0 spiro atoms. The smallest absolute Gasteiger partial charge is 0.0831 e. The number of hydrogen-bond acceptors (Lipinski definition) is 2. The molecule has 2 N–H and O–H groups in total. The number of benzene rings is 2. The van der Waals surface area contributed by atoms with Gasteiger partial charge in [0, 0.05) is 5.41 Å². The highest BCUT2D eigenvalue weighted by molar-refractivity contribution is 5.36. The predicted molar refractivity (Wildman–Crippen MR) is 75.5 cm³/mol. The Bertz CT molecular complexity index is 454. The lowest BCUT2D eigenvalue weighted by molar-refractivity contribution is 0.641. The third kappa shape index (κ3) is 3.41. The summed E-state index contributed by atoms with van der Waals surface area (Å²) in [6.45, 7) is 4.52. The van der Waals surface area contributed by atoms with E-state index < -0.39 is 0 Å². The molecular weight excluding hydrogens is 220 g/mol. The van der Waals surface area contributed by atoms with Crippen molar-refractivity contribution >= 4 is 6.01 Å². The van der Waals surface area contributed by atoms with Gasteiger partial charge < -0.3 is 0 Å². The second-order valence-corrected chi connectivity index (χ2v) is 4.48. The molecule has 0 aliphatic carbocycles. The number of hydrogen-bond donors (Lipinski definition) is 2. The Balaban J connectivity index is 0.000000492. The molecule has 0 saturated heterocycles. The quantitative estimate of drug-likeness (QED) is 0.732. The highest BCUT2D eigenvalue weighted by Gasteiger charge is 2.21. The molecule has 0 atom stereocenters. The van der Waals surface area contributed by atoms with E-state index in [0.717, 1.165) is 0 Å². The van der Waals surface area contributed by atoms with Crippen LogP contribution in [0.3, 0.4) is 0 Å². The molecule has 92 valence electrons. The maximum atomic E-state index is 5.62. The topological polar surface area (TPSA) is 47.7 Å². The highest BCUT2D eigenvalue weighted by atomic mass is 14.4. The van der Waals surface area contributed by atoms with Crippen LogP contribution in [0.4, 0.5) is 0 Å². The number of rotatable bonds is 2. The Morgan fingerprint density at radius 2 is 1.00 bits per heavy atom. The minimum absolute atomic E-state index is 0.0858. The summed E-state index contributed by atoms with van der Waals surface area (Å²) in [7, 11) is 0. The minimum Gasteiger partial charge on any atom is -0.242 e. The van der Waals surface area contributed by atoms with E-state index in [2.05, 4.69) is 74.5 Å². The summed E-state index contributed by atoms with van der Waals surface area (Å²) in [4.78, 5) is 0. The third-order valence-corrected chi connectivity index (χ3v) is 2.99. The van der Waals surface area contributed by atoms with Gasteiger partial charge in [-0.2, -0.15) is 0 Å². The summed E-state index contributed by atoms with van der Waals surface area (Å²) in [6, 6.07) is 22.5. The van der Waals surface area contributed by atoms with Crippen LogP contribution in [0, 0.1) is 10.8 Å². The molecule has 0 bridgehead atoms. The zero-order valence-corrected chi connectivity index (χ0v) is 10.8. The van der Waals surface area contributed by atoms with Gasteiger partial charge in [0.2, 0.25) is 0 Å². The molecule has 0 radical (unpaired) electrons. The second-order valence-electron chi connectivity index (χ2n) is 4.48. The molecule has 0 aliphatic heterocycles. The van der Waals surface area contributed by atoms with Crippen molar-refractivity contribution in [2.45, 2.75) is 19.3 Å². The Hall–Kier alpha value is -2.18. The number of nitrogens with one attached hydrogen (secondary N) is 2. The molecule has 2 rings (SSSR count). The van der Waals surface area contributed by atoms with Crippen LogP contribution in [0.1, 0.15) is 25.0 Å². The van der Waals surface area contributed by atoms with Crippen molar-refractivity contribution < 1.29 is 0 Å². The lowest BCUT2D eigenvalue weighted by atomic mass is 9.78. The largest absolute Gasteiger partial charge is 0.242 e. The van der Waals surface area contributed by atoms with Crippen LogP contribution in [-0.4, -0.2) is 6.01 Å². The highest BCUT2D eigenvalue weighted by Crippen LogP contribution is 2.30. The van der Waals surface area contributed by atoms with Gasteiger partial charge >= 0.3 is 0 Å². The van der Waals surface area contributed by atoms with Gasteiger partial charge in [-0.25, -0.2) is 10.8 Å². The summed E-state index contributed by atoms with van der Waals surface area (Å²) in [5.41, 5.74) is 2.80. The molecule has 18 heavy (non-hydrogen) atoms. The summed E-state index contributed by atoms with van der Waals surface area (Å²) in [6.07, 6.45) is 0. The van der Waals surface area contributed by atoms with E-state index in [0.29, 0.717) is 0 Å². The standard InChI is InChI=1S/C15H16.CH2N2/c1-15(2,13-9-5-3-6-10-13)14-11-7-4-8-12-14;2-1-3/h3-12H,1-2H3;2-3H. The van der Waals surface area contributed by atoms with Crippen molar-refractivity contribution in [3.05, 3.63) is 71.8 Å². The molecule has 0 amide bonds. The minimum atomic E-state index is 0.0858. The Kier molecular flexibility index (Phi) is 5.04. The first-order valence-electron chi connectivity index (χ1n) is 5.82. The van der Waals surface area contributed by atoms with Crippen LogP contribution in [0.15, 0.2) is 60.7 Å². The first kappa shape index (κ1) is 13.9. The van der Waals surface area contributed by atoms with E-state index in [1.54, 1.807) is 0 Å². The Morgan fingerprint density at radius 1 is 0.722 bits per heavy atom. The SMILES string of the molecule is CC(C)(c1ccccc1)c1ccccc1.N=C=N. The van der Waals surface area contributed by atoms with Gasteiger partial charge in [0.1, 0.15) is 0 Å². The first-order chi connectivity index (χ1) is 8.62. The molecule has 0 aliphatic rings. The van der Waals surface area contributed by atoms with Gasteiger partial charge in [-0.3, -0.25) is 0 Å². The first-order valence-corrected chi connectivity index (χ1v) is 5.82. The van der Waals surface area contributed by atoms with Crippen LogP contribution >= 0.6 is 0 Å². The van der Waals surface area contributed by atoms with Crippen LogP contribution in [0.5, 0.6) is 0 Å². The van der Waals surface area contributed by atoms with Gasteiger partial charge in [-0.05, 0) is 11.1 Å². The summed E-state index contributed by atoms with van der Waals surface area (Å²) < 4.78 is 0. The van der Waals surface area contributed by atoms with Crippen molar-refractivity contribution in [1.29, 1.82) is 10.8 Å². The maximum Gasteiger partial charge on any atom is 0.0831 e. The predicted octanol–water partition coefficient (Wildman–Crippen LogP) is 4.33. The maximum absolute atomic E-state index is 5.62. The molecular formula is C16H18N2. The van der Waals surface area contributed by atoms with Crippen molar-refractivity contribution in [3.8, 4) is 0 Å². The van der Waals surface area contributed by atoms with E-state index in [1.165, 1.54) is 17.1 Å². The van der Waals surface area contributed by atoms with E-state index in [-0.39, 0.29) is 5.41 Å². The summed E-state index contributed by atoms with van der Waals surface area (Å²) in [5.74, 6) is 0. The third-order valence-electron chi connectivity index (χ3n) is 2.99. The molecule has 2 nitrogen and oxygen atoms in total. The van der Waals surface area contributed by atoms with Crippen molar-refractivity contribution in [3.63, 3.8) is 0 Å². The monoisotopic (exact) mass is 238 g/mol. The van der Waals surface area contributed by atoms with E-state index >= 15 is 0 Å². The van der Waals surface area contributed by atoms with Crippen LogP contribution in [-0.2, 0) is 5.41 Å². The second kappa shape index (κ2) is 6.53. The van der Waals surface area contributed by atoms with Crippen molar-refractivity contribution in [2.24, 2.45) is 0 Å². The molecule has 2 aromatic carbocycles.